The minimum absolute atomic E-state index is 0.00661. The summed E-state index contributed by atoms with van der Waals surface area (Å²) in [6, 6.07) is 13.8. The first-order chi connectivity index (χ1) is 13.2. The summed E-state index contributed by atoms with van der Waals surface area (Å²) in [6.07, 6.45) is 1.08. The van der Waals surface area contributed by atoms with Gasteiger partial charge in [0.25, 0.3) is 0 Å². The topological polar surface area (TPSA) is 67.6 Å². The number of fused-ring (bicyclic) bond motifs is 1. The van der Waals surface area contributed by atoms with Crippen LogP contribution >= 0.6 is 0 Å². The van der Waals surface area contributed by atoms with Crippen molar-refractivity contribution in [3.05, 3.63) is 53.9 Å². The number of ether oxygens (including phenoxy) is 1. The molecule has 2 aromatic carbocycles. The summed E-state index contributed by atoms with van der Waals surface area (Å²) in [5, 5.41) is 3.06. The molecule has 0 spiro atoms. The van der Waals surface area contributed by atoms with Crippen LogP contribution in [0.5, 0.6) is 0 Å². The molecule has 27 heavy (non-hydrogen) atoms. The summed E-state index contributed by atoms with van der Waals surface area (Å²) in [5.41, 5.74) is 4.59. The van der Waals surface area contributed by atoms with Crippen molar-refractivity contribution >= 4 is 28.4 Å². The molecule has 1 fully saturated rings. The molecule has 4 rings (SSSR count). The van der Waals surface area contributed by atoms with Gasteiger partial charge in [-0.1, -0.05) is 18.2 Å². The fraction of sp³-hybridized carbons (Fsp3) is 0.333. The van der Waals surface area contributed by atoms with E-state index in [1.807, 2.05) is 49.4 Å². The van der Waals surface area contributed by atoms with Gasteiger partial charge < -0.3 is 19.4 Å². The van der Waals surface area contributed by atoms with Crippen LogP contribution in [-0.4, -0.2) is 37.2 Å². The van der Waals surface area contributed by atoms with Crippen molar-refractivity contribution in [3.63, 3.8) is 0 Å². The van der Waals surface area contributed by atoms with Gasteiger partial charge in [-0.15, -0.1) is 0 Å². The van der Waals surface area contributed by atoms with Gasteiger partial charge >= 0.3 is 0 Å². The molecule has 6 heteroatoms. The first kappa shape index (κ1) is 17.5. The monoisotopic (exact) mass is 365 g/mol. The van der Waals surface area contributed by atoms with Crippen LogP contribution in [-0.2, 0) is 16.0 Å². The van der Waals surface area contributed by atoms with Crippen molar-refractivity contribution in [3.8, 4) is 0 Å². The van der Waals surface area contributed by atoms with Gasteiger partial charge in [-0.3, -0.25) is 4.79 Å². The SMILES string of the molecule is Cc1nc2cc(CCC(=O)Nc3ccccc3N3CCOCC3)ccc2o1. The highest BCUT2D eigenvalue weighted by atomic mass is 16.5. The molecular weight excluding hydrogens is 342 g/mol. The Morgan fingerprint density at radius 2 is 2.00 bits per heavy atom. The van der Waals surface area contributed by atoms with E-state index in [0.29, 0.717) is 31.9 Å². The van der Waals surface area contributed by atoms with Gasteiger partial charge in [0.15, 0.2) is 11.5 Å². The third kappa shape index (κ3) is 4.11. The number of amides is 1. The lowest BCUT2D eigenvalue weighted by Gasteiger charge is -2.30. The molecule has 3 aromatic rings. The Hall–Kier alpha value is -2.86. The Morgan fingerprint density at radius 3 is 2.85 bits per heavy atom. The van der Waals surface area contributed by atoms with Crippen molar-refractivity contribution in [2.24, 2.45) is 0 Å². The molecule has 1 aliphatic rings. The maximum Gasteiger partial charge on any atom is 0.224 e. The zero-order chi connectivity index (χ0) is 18.6. The Kier molecular flexibility index (Phi) is 5.07. The fourth-order valence-corrected chi connectivity index (χ4v) is 3.37. The van der Waals surface area contributed by atoms with E-state index in [0.717, 1.165) is 41.1 Å². The number of aryl methyl sites for hydroxylation is 2. The Balaban J connectivity index is 1.40. The standard InChI is InChI=1S/C21H23N3O3/c1-15-22-18-14-16(6-8-20(18)27-15)7-9-21(25)23-17-4-2-3-5-19(17)24-10-12-26-13-11-24/h2-6,8,14H,7,9-13H2,1H3,(H,23,25). The highest BCUT2D eigenvalue weighted by Gasteiger charge is 2.15. The molecule has 0 atom stereocenters. The number of carbonyl (C=O) groups excluding carboxylic acids is 1. The third-order valence-corrected chi connectivity index (χ3v) is 4.73. The maximum absolute atomic E-state index is 12.5. The summed E-state index contributed by atoms with van der Waals surface area (Å²) >= 11 is 0. The number of nitrogens with one attached hydrogen (secondary N) is 1. The molecule has 0 radical (unpaired) electrons. The predicted octanol–water partition coefficient (Wildman–Crippen LogP) is 3.54. The van der Waals surface area contributed by atoms with E-state index >= 15 is 0 Å². The van der Waals surface area contributed by atoms with Crippen LogP contribution in [0.1, 0.15) is 17.9 Å². The Labute approximate surface area is 158 Å². The van der Waals surface area contributed by atoms with E-state index in [9.17, 15) is 4.79 Å². The van der Waals surface area contributed by atoms with Crippen LogP contribution in [0, 0.1) is 6.92 Å². The Morgan fingerprint density at radius 1 is 1.19 bits per heavy atom. The number of morpholine rings is 1. The van der Waals surface area contributed by atoms with Crippen LogP contribution in [0.2, 0.25) is 0 Å². The summed E-state index contributed by atoms with van der Waals surface area (Å²) < 4.78 is 10.9. The smallest absolute Gasteiger partial charge is 0.224 e. The fourth-order valence-electron chi connectivity index (χ4n) is 3.37. The van der Waals surface area contributed by atoms with Crippen LogP contribution in [0.15, 0.2) is 46.9 Å². The molecule has 140 valence electrons. The molecule has 0 bridgehead atoms. The average Bonchev–Trinajstić information content (AvgIpc) is 3.07. The number of anilines is 2. The maximum atomic E-state index is 12.5. The second kappa shape index (κ2) is 7.80. The third-order valence-electron chi connectivity index (χ3n) is 4.73. The highest BCUT2D eigenvalue weighted by Crippen LogP contribution is 2.26. The first-order valence-electron chi connectivity index (χ1n) is 9.27. The molecule has 1 N–H and O–H groups in total. The number of oxazole rings is 1. The number of carbonyl (C=O) groups is 1. The summed E-state index contributed by atoms with van der Waals surface area (Å²) in [5.74, 6) is 0.659. The minimum Gasteiger partial charge on any atom is -0.441 e. The van der Waals surface area contributed by atoms with Crippen molar-refractivity contribution in [1.82, 2.24) is 4.98 Å². The van der Waals surface area contributed by atoms with Gasteiger partial charge in [0.2, 0.25) is 5.91 Å². The molecule has 0 unspecified atom stereocenters. The first-order valence-corrected chi connectivity index (χ1v) is 9.27. The predicted molar refractivity (Wildman–Crippen MR) is 105 cm³/mol. The van der Waals surface area contributed by atoms with Crippen LogP contribution < -0.4 is 10.2 Å². The molecule has 2 heterocycles. The van der Waals surface area contributed by atoms with Crippen molar-refractivity contribution in [2.45, 2.75) is 19.8 Å². The summed E-state index contributed by atoms with van der Waals surface area (Å²) in [7, 11) is 0. The van der Waals surface area contributed by atoms with Crippen molar-refractivity contribution in [2.75, 3.05) is 36.5 Å². The molecular formula is C21H23N3O3. The van der Waals surface area contributed by atoms with Crippen molar-refractivity contribution in [1.29, 1.82) is 0 Å². The summed E-state index contributed by atoms with van der Waals surface area (Å²) in [4.78, 5) is 19.1. The van der Waals surface area contributed by atoms with E-state index < -0.39 is 0 Å². The van der Waals surface area contributed by atoms with E-state index in [2.05, 4.69) is 15.2 Å². The number of nitrogens with zero attached hydrogens (tertiary/aromatic N) is 2. The lowest BCUT2D eigenvalue weighted by molar-refractivity contribution is -0.116. The normalized spacial score (nSPS) is 14.5. The highest BCUT2D eigenvalue weighted by molar-refractivity contribution is 5.94. The zero-order valence-corrected chi connectivity index (χ0v) is 15.4. The number of para-hydroxylation sites is 2. The number of hydrogen-bond acceptors (Lipinski definition) is 5. The second-order valence-corrected chi connectivity index (χ2v) is 6.70. The molecule has 0 saturated carbocycles. The molecule has 6 nitrogen and oxygen atoms in total. The quantitative estimate of drug-likeness (QED) is 0.749. The molecule has 1 aliphatic heterocycles. The number of rotatable bonds is 5. The van der Waals surface area contributed by atoms with Gasteiger partial charge in [-0.2, -0.15) is 0 Å². The van der Waals surface area contributed by atoms with Crippen LogP contribution in [0.4, 0.5) is 11.4 Å². The number of aromatic nitrogens is 1. The Bertz CT molecular complexity index is 945. The lowest BCUT2D eigenvalue weighted by Crippen LogP contribution is -2.36. The second-order valence-electron chi connectivity index (χ2n) is 6.70. The van der Waals surface area contributed by atoms with Gasteiger partial charge in [0.1, 0.15) is 5.52 Å². The zero-order valence-electron chi connectivity index (χ0n) is 15.4. The van der Waals surface area contributed by atoms with Crippen molar-refractivity contribution < 1.29 is 13.9 Å². The molecule has 1 saturated heterocycles. The lowest BCUT2D eigenvalue weighted by atomic mass is 10.1. The van der Waals surface area contributed by atoms with Crippen LogP contribution in [0.25, 0.3) is 11.1 Å². The largest absolute Gasteiger partial charge is 0.441 e. The van der Waals surface area contributed by atoms with Gasteiger partial charge in [0, 0.05) is 26.4 Å². The average molecular weight is 365 g/mol. The number of hydrogen-bond donors (Lipinski definition) is 1. The molecule has 0 aliphatic carbocycles. The van der Waals surface area contributed by atoms with E-state index in [-0.39, 0.29) is 5.91 Å². The van der Waals surface area contributed by atoms with E-state index in [1.54, 1.807) is 0 Å². The minimum atomic E-state index is 0.00661. The molecule has 1 aromatic heterocycles. The van der Waals surface area contributed by atoms with E-state index in [1.165, 1.54) is 0 Å². The van der Waals surface area contributed by atoms with Gasteiger partial charge in [-0.25, -0.2) is 4.98 Å². The summed E-state index contributed by atoms with van der Waals surface area (Å²) in [6.45, 7) is 4.94. The molecule has 1 amide bonds. The van der Waals surface area contributed by atoms with Crippen LogP contribution in [0.3, 0.4) is 0 Å². The van der Waals surface area contributed by atoms with Gasteiger partial charge in [-0.05, 0) is 36.2 Å². The van der Waals surface area contributed by atoms with Gasteiger partial charge in [0.05, 0.1) is 24.6 Å². The van der Waals surface area contributed by atoms with E-state index in [4.69, 9.17) is 9.15 Å². The number of benzene rings is 2.